The van der Waals surface area contributed by atoms with E-state index >= 15 is 0 Å². The van der Waals surface area contributed by atoms with Crippen LogP contribution in [0.5, 0.6) is 0 Å². The maximum absolute atomic E-state index is 12.3. The van der Waals surface area contributed by atoms with Gasteiger partial charge in [-0.05, 0) is 37.1 Å². The largest absolute Gasteiger partial charge is 0.311 e. The van der Waals surface area contributed by atoms with Gasteiger partial charge in [-0.1, -0.05) is 56.7 Å². The molecule has 1 aromatic carbocycles. The van der Waals surface area contributed by atoms with Crippen LogP contribution >= 0.6 is 0 Å². The van der Waals surface area contributed by atoms with Crippen LogP contribution in [-0.2, 0) is 4.79 Å². The van der Waals surface area contributed by atoms with Gasteiger partial charge in [0, 0.05) is 19.2 Å². The Morgan fingerprint density at radius 3 is 1.93 bits per heavy atom. The Morgan fingerprint density at radius 2 is 1.33 bits per heavy atom. The molecule has 1 aliphatic rings. The van der Waals surface area contributed by atoms with Crippen LogP contribution in [0.25, 0.3) is 0 Å². The first kappa shape index (κ1) is 21.7. The van der Waals surface area contributed by atoms with Crippen molar-refractivity contribution in [1.82, 2.24) is 9.88 Å². The van der Waals surface area contributed by atoms with Crippen molar-refractivity contribution in [2.45, 2.75) is 57.8 Å². The number of aromatic nitrogens is 1. The number of unbranched alkanes of at least 4 members (excludes halogenated alkanes) is 7. The number of carbonyl (C=O) groups is 3. The van der Waals surface area contributed by atoms with Crippen molar-refractivity contribution in [1.29, 1.82) is 0 Å². The Morgan fingerprint density at radius 1 is 0.767 bits per heavy atom. The van der Waals surface area contributed by atoms with Crippen LogP contribution in [0, 0.1) is 0 Å². The lowest BCUT2D eigenvalue weighted by molar-refractivity contribution is -0.116. The van der Waals surface area contributed by atoms with E-state index < -0.39 is 0 Å². The van der Waals surface area contributed by atoms with Crippen molar-refractivity contribution in [3.05, 3.63) is 59.8 Å². The fourth-order valence-electron chi connectivity index (χ4n) is 3.70. The van der Waals surface area contributed by atoms with E-state index in [1.165, 1.54) is 4.90 Å². The summed E-state index contributed by atoms with van der Waals surface area (Å²) in [5, 5.41) is 2.80. The molecular weight excluding hydrogens is 378 g/mol. The molecule has 0 spiro atoms. The van der Waals surface area contributed by atoms with Gasteiger partial charge < -0.3 is 5.32 Å². The normalized spacial score (nSPS) is 12.9. The van der Waals surface area contributed by atoms with Crippen LogP contribution in [0.3, 0.4) is 0 Å². The second kappa shape index (κ2) is 11.2. The Kier molecular flexibility index (Phi) is 8.12. The van der Waals surface area contributed by atoms with Gasteiger partial charge in [-0.25, -0.2) is 4.98 Å². The Hall–Kier alpha value is -3.02. The van der Waals surface area contributed by atoms with E-state index in [1.807, 2.05) is 12.1 Å². The Balaban J connectivity index is 1.18. The number of anilines is 1. The van der Waals surface area contributed by atoms with Crippen molar-refractivity contribution < 1.29 is 14.4 Å². The second-order valence-electron chi connectivity index (χ2n) is 7.65. The van der Waals surface area contributed by atoms with E-state index in [1.54, 1.807) is 36.5 Å². The number of nitrogens with one attached hydrogen (secondary N) is 1. The standard InChI is InChI=1S/C24H29N3O3/c28-22(26-21-15-10-11-17-25-21)16-7-5-3-1-2-4-6-12-18-27-23(29)19-13-8-9-14-20(19)24(27)30/h8-11,13-15,17H,1-7,12,16,18H2,(H,25,26,28). The number of benzene rings is 1. The third-order valence-electron chi connectivity index (χ3n) is 5.35. The number of nitrogens with zero attached hydrogens (tertiary/aromatic N) is 2. The zero-order chi connectivity index (χ0) is 21.2. The number of hydrogen-bond donors (Lipinski definition) is 1. The molecule has 3 amide bonds. The van der Waals surface area contributed by atoms with Crippen LogP contribution in [0.1, 0.15) is 78.5 Å². The van der Waals surface area contributed by atoms with Crippen LogP contribution in [0.4, 0.5) is 5.82 Å². The molecule has 0 bridgehead atoms. The van der Waals surface area contributed by atoms with Gasteiger partial charge in [0.15, 0.2) is 0 Å². The molecule has 0 unspecified atom stereocenters. The number of carbonyl (C=O) groups excluding carboxylic acids is 3. The summed E-state index contributed by atoms with van der Waals surface area (Å²) < 4.78 is 0. The van der Waals surface area contributed by atoms with Crippen molar-refractivity contribution in [2.75, 3.05) is 11.9 Å². The highest BCUT2D eigenvalue weighted by molar-refractivity contribution is 6.21. The summed E-state index contributed by atoms with van der Waals surface area (Å²) in [5.74, 6) is 0.288. The first-order chi connectivity index (χ1) is 14.7. The minimum Gasteiger partial charge on any atom is -0.311 e. The number of pyridine rings is 1. The molecule has 6 nitrogen and oxygen atoms in total. The lowest BCUT2D eigenvalue weighted by Crippen LogP contribution is -2.30. The zero-order valence-corrected chi connectivity index (χ0v) is 17.3. The Bertz CT molecular complexity index is 832. The molecule has 3 rings (SSSR count). The molecule has 6 heteroatoms. The minimum atomic E-state index is -0.164. The van der Waals surface area contributed by atoms with Crippen LogP contribution in [-0.4, -0.2) is 34.2 Å². The van der Waals surface area contributed by atoms with Gasteiger partial charge in [-0.3, -0.25) is 19.3 Å². The fraction of sp³-hybridized carbons (Fsp3) is 0.417. The van der Waals surface area contributed by atoms with Gasteiger partial charge in [0.25, 0.3) is 11.8 Å². The monoisotopic (exact) mass is 407 g/mol. The summed E-state index contributed by atoms with van der Waals surface area (Å²) >= 11 is 0. The predicted molar refractivity (Wildman–Crippen MR) is 116 cm³/mol. The lowest BCUT2D eigenvalue weighted by atomic mass is 10.1. The van der Waals surface area contributed by atoms with Gasteiger partial charge in [-0.15, -0.1) is 0 Å². The van der Waals surface area contributed by atoms with E-state index in [0.29, 0.717) is 29.9 Å². The number of rotatable bonds is 12. The smallest absolute Gasteiger partial charge is 0.261 e. The quantitative estimate of drug-likeness (QED) is 0.404. The summed E-state index contributed by atoms with van der Waals surface area (Å²) in [6.45, 7) is 0.498. The molecule has 0 saturated heterocycles. The highest BCUT2D eigenvalue weighted by atomic mass is 16.2. The number of amides is 3. The van der Waals surface area contributed by atoms with Gasteiger partial charge in [0.2, 0.25) is 5.91 Å². The minimum absolute atomic E-state index is 0.0156. The second-order valence-corrected chi connectivity index (χ2v) is 7.65. The van der Waals surface area contributed by atoms with Gasteiger partial charge >= 0.3 is 0 Å². The van der Waals surface area contributed by atoms with E-state index in [2.05, 4.69) is 10.3 Å². The molecule has 2 heterocycles. The van der Waals surface area contributed by atoms with Crippen LogP contribution in [0.15, 0.2) is 48.7 Å². The number of fused-ring (bicyclic) bond motifs is 1. The van der Waals surface area contributed by atoms with E-state index in [4.69, 9.17) is 0 Å². The third kappa shape index (κ3) is 5.99. The third-order valence-corrected chi connectivity index (χ3v) is 5.35. The highest BCUT2D eigenvalue weighted by Gasteiger charge is 2.34. The molecule has 0 atom stereocenters. The van der Waals surface area contributed by atoms with Crippen LogP contribution < -0.4 is 5.32 Å². The molecule has 1 aromatic heterocycles. The molecule has 1 N–H and O–H groups in total. The summed E-state index contributed by atoms with van der Waals surface area (Å²) in [6.07, 6.45) is 10.5. The van der Waals surface area contributed by atoms with Gasteiger partial charge in [0.05, 0.1) is 11.1 Å². The number of hydrogen-bond acceptors (Lipinski definition) is 4. The molecule has 0 fully saturated rings. The Labute approximate surface area is 177 Å². The summed E-state index contributed by atoms with van der Waals surface area (Å²) in [6, 6.07) is 12.5. The first-order valence-electron chi connectivity index (χ1n) is 10.8. The van der Waals surface area contributed by atoms with Crippen molar-refractivity contribution in [3.8, 4) is 0 Å². The first-order valence-corrected chi connectivity index (χ1v) is 10.8. The molecule has 2 aromatic rings. The topological polar surface area (TPSA) is 79.4 Å². The van der Waals surface area contributed by atoms with Gasteiger partial charge in [0.1, 0.15) is 5.82 Å². The zero-order valence-electron chi connectivity index (χ0n) is 17.3. The average Bonchev–Trinajstić information content (AvgIpc) is 3.00. The molecular formula is C24H29N3O3. The van der Waals surface area contributed by atoms with Crippen LogP contribution in [0.2, 0.25) is 0 Å². The maximum atomic E-state index is 12.3. The predicted octanol–water partition coefficient (Wildman–Crippen LogP) is 4.83. The molecule has 0 saturated carbocycles. The van der Waals surface area contributed by atoms with Crippen molar-refractivity contribution in [2.24, 2.45) is 0 Å². The van der Waals surface area contributed by atoms with Crippen molar-refractivity contribution >= 4 is 23.5 Å². The fourth-order valence-corrected chi connectivity index (χ4v) is 3.70. The summed E-state index contributed by atoms with van der Waals surface area (Å²) in [7, 11) is 0. The summed E-state index contributed by atoms with van der Waals surface area (Å²) in [5.41, 5.74) is 1.05. The van der Waals surface area contributed by atoms with E-state index in [9.17, 15) is 14.4 Å². The molecule has 30 heavy (non-hydrogen) atoms. The van der Waals surface area contributed by atoms with Crippen molar-refractivity contribution in [3.63, 3.8) is 0 Å². The lowest BCUT2D eigenvalue weighted by Gasteiger charge is -2.13. The maximum Gasteiger partial charge on any atom is 0.261 e. The molecule has 158 valence electrons. The average molecular weight is 408 g/mol. The van der Waals surface area contributed by atoms with E-state index in [-0.39, 0.29) is 17.7 Å². The molecule has 1 aliphatic heterocycles. The molecule has 0 aliphatic carbocycles. The van der Waals surface area contributed by atoms with E-state index in [0.717, 1.165) is 51.4 Å². The number of imide groups is 1. The SMILES string of the molecule is O=C(CCCCCCCCCCN1C(=O)c2ccccc2C1=O)Nc1ccccn1. The summed E-state index contributed by atoms with van der Waals surface area (Å²) in [4.78, 5) is 41.9. The molecule has 0 radical (unpaired) electrons. The van der Waals surface area contributed by atoms with Gasteiger partial charge in [-0.2, -0.15) is 0 Å². The highest BCUT2D eigenvalue weighted by Crippen LogP contribution is 2.23.